The molecule has 1 heterocycles. The summed E-state index contributed by atoms with van der Waals surface area (Å²) < 4.78 is 58.8. The molecule has 196 valence electrons. The molecule has 4 aromatic rings. The van der Waals surface area contributed by atoms with Crippen molar-refractivity contribution >= 4 is 17.6 Å². The first-order chi connectivity index (χ1) is 18.1. The molecule has 0 atom stereocenters. The number of carbonyl (C=O) groups is 2. The molecule has 0 unspecified atom stereocenters. The minimum Gasteiger partial charge on any atom is -0.407 e. The van der Waals surface area contributed by atoms with E-state index in [1.807, 2.05) is 6.92 Å². The first-order valence-corrected chi connectivity index (χ1v) is 11.7. The molecule has 4 rings (SSSR count). The van der Waals surface area contributed by atoms with Crippen LogP contribution in [0.4, 0.5) is 23.2 Å². The monoisotopic (exact) mass is 525 g/mol. The third kappa shape index (κ3) is 5.91. The largest absolute Gasteiger partial charge is 0.416 e. The van der Waals surface area contributed by atoms with E-state index in [0.717, 1.165) is 30.7 Å². The molecule has 0 aliphatic heterocycles. The standard InChI is InChI=1S/C28H23F4N3O3/c1-3-4-24-25(27(38-17(2)36)35(34-24)23-15-11-21(29)12-16-23)18-7-13-22(14-8-18)33-26(37)19-5-9-20(10-6-19)28(30,31)32/h5-16H,3-4H2,1-2H3,(H,33,37). The van der Waals surface area contributed by atoms with Crippen LogP contribution in [0.15, 0.2) is 72.8 Å². The van der Waals surface area contributed by atoms with Gasteiger partial charge < -0.3 is 10.1 Å². The lowest BCUT2D eigenvalue weighted by molar-refractivity contribution is -0.137. The number of aryl methyl sites for hydroxylation is 1. The number of aromatic nitrogens is 2. The zero-order valence-electron chi connectivity index (χ0n) is 20.5. The zero-order valence-corrected chi connectivity index (χ0v) is 20.5. The van der Waals surface area contributed by atoms with Crippen molar-refractivity contribution in [2.24, 2.45) is 0 Å². The van der Waals surface area contributed by atoms with Gasteiger partial charge in [0.05, 0.1) is 22.5 Å². The summed E-state index contributed by atoms with van der Waals surface area (Å²) in [5.74, 6) is -1.37. The highest BCUT2D eigenvalue weighted by atomic mass is 19.4. The van der Waals surface area contributed by atoms with Crippen molar-refractivity contribution in [1.82, 2.24) is 9.78 Å². The van der Waals surface area contributed by atoms with Gasteiger partial charge in [-0.25, -0.2) is 4.39 Å². The van der Waals surface area contributed by atoms with Crippen molar-refractivity contribution in [2.45, 2.75) is 32.9 Å². The number of halogens is 4. The summed E-state index contributed by atoms with van der Waals surface area (Å²) in [6.07, 6.45) is -3.16. The third-order valence-electron chi connectivity index (χ3n) is 5.62. The van der Waals surface area contributed by atoms with Gasteiger partial charge in [-0.1, -0.05) is 25.5 Å². The van der Waals surface area contributed by atoms with Gasteiger partial charge in [0.1, 0.15) is 5.82 Å². The second kappa shape index (κ2) is 10.9. The normalized spacial score (nSPS) is 11.3. The number of anilines is 1. The maximum Gasteiger partial charge on any atom is 0.416 e. The van der Waals surface area contributed by atoms with Crippen molar-refractivity contribution in [3.05, 3.63) is 95.4 Å². The second-order valence-corrected chi connectivity index (χ2v) is 8.47. The van der Waals surface area contributed by atoms with Crippen molar-refractivity contribution in [3.8, 4) is 22.7 Å². The average molecular weight is 526 g/mol. The predicted molar refractivity (Wildman–Crippen MR) is 134 cm³/mol. The van der Waals surface area contributed by atoms with Gasteiger partial charge in [0.15, 0.2) is 0 Å². The van der Waals surface area contributed by atoms with Crippen LogP contribution in [0.2, 0.25) is 0 Å². The third-order valence-corrected chi connectivity index (χ3v) is 5.62. The van der Waals surface area contributed by atoms with E-state index in [1.54, 1.807) is 24.3 Å². The Labute approximate surface area is 215 Å². The Morgan fingerprint density at radius 2 is 1.58 bits per heavy atom. The number of carbonyl (C=O) groups excluding carboxylic acids is 2. The molecule has 10 heteroatoms. The topological polar surface area (TPSA) is 73.2 Å². The lowest BCUT2D eigenvalue weighted by atomic mass is 10.0. The van der Waals surface area contributed by atoms with Gasteiger partial charge in [-0.05, 0) is 72.6 Å². The molecule has 0 saturated heterocycles. The molecular formula is C28H23F4N3O3. The summed E-state index contributed by atoms with van der Waals surface area (Å²) in [6, 6.07) is 16.2. The van der Waals surface area contributed by atoms with Crippen LogP contribution in [0.1, 0.15) is 41.9 Å². The molecule has 1 aromatic heterocycles. The molecule has 0 aliphatic rings. The van der Waals surface area contributed by atoms with E-state index in [1.165, 1.54) is 35.9 Å². The number of amides is 1. The fourth-order valence-electron chi connectivity index (χ4n) is 3.87. The van der Waals surface area contributed by atoms with Gasteiger partial charge >= 0.3 is 12.1 Å². The number of esters is 1. The highest BCUT2D eigenvalue weighted by Crippen LogP contribution is 2.37. The van der Waals surface area contributed by atoms with Crippen molar-refractivity contribution in [3.63, 3.8) is 0 Å². The van der Waals surface area contributed by atoms with Crippen LogP contribution in [0.5, 0.6) is 5.88 Å². The van der Waals surface area contributed by atoms with Crippen LogP contribution >= 0.6 is 0 Å². The summed E-state index contributed by atoms with van der Waals surface area (Å²) in [6.45, 7) is 3.25. The molecule has 0 spiro atoms. The lowest BCUT2D eigenvalue weighted by Crippen LogP contribution is -2.12. The SMILES string of the molecule is CCCc1nn(-c2ccc(F)cc2)c(OC(C)=O)c1-c1ccc(NC(=O)c2ccc(C(F)(F)F)cc2)cc1. The van der Waals surface area contributed by atoms with Crippen molar-refractivity contribution in [1.29, 1.82) is 0 Å². The van der Waals surface area contributed by atoms with Crippen LogP contribution in [0.25, 0.3) is 16.8 Å². The summed E-state index contributed by atoms with van der Waals surface area (Å²) in [5, 5.41) is 7.29. The van der Waals surface area contributed by atoms with Gasteiger partial charge in [-0.3, -0.25) is 9.59 Å². The maximum atomic E-state index is 13.5. The number of ether oxygens (including phenoxy) is 1. The Bertz CT molecular complexity index is 1440. The first kappa shape index (κ1) is 26.6. The average Bonchev–Trinajstić information content (AvgIpc) is 3.21. The van der Waals surface area contributed by atoms with Gasteiger partial charge in [0.25, 0.3) is 5.91 Å². The van der Waals surface area contributed by atoms with Gasteiger partial charge in [0, 0.05) is 18.2 Å². The summed E-state index contributed by atoms with van der Waals surface area (Å²) in [7, 11) is 0. The summed E-state index contributed by atoms with van der Waals surface area (Å²) in [5.41, 5.74) is 2.05. The minimum atomic E-state index is -4.49. The van der Waals surface area contributed by atoms with Crippen molar-refractivity contribution < 1.29 is 31.9 Å². The number of rotatable bonds is 7. The van der Waals surface area contributed by atoms with E-state index in [2.05, 4.69) is 10.4 Å². The molecule has 0 aliphatic carbocycles. The summed E-state index contributed by atoms with van der Waals surface area (Å²) >= 11 is 0. The fourth-order valence-corrected chi connectivity index (χ4v) is 3.87. The number of hydrogen-bond donors (Lipinski definition) is 1. The molecule has 38 heavy (non-hydrogen) atoms. The minimum absolute atomic E-state index is 0.0741. The van der Waals surface area contributed by atoms with E-state index in [-0.39, 0.29) is 11.4 Å². The number of benzene rings is 3. The zero-order chi connectivity index (χ0) is 27.4. The Balaban J connectivity index is 1.65. The summed E-state index contributed by atoms with van der Waals surface area (Å²) in [4.78, 5) is 24.5. The van der Waals surface area contributed by atoms with Crippen LogP contribution in [-0.2, 0) is 17.4 Å². The molecule has 1 amide bonds. The smallest absolute Gasteiger partial charge is 0.407 e. The number of nitrogens with one attached hydrogen (secondary N) is 1. The van der Waals surface area contributed by atoms with E-state index >= 15 is 0 Å². The van der Waals surface area contributed by atoms with Crippen LogP contribution < -0.4 is 10.1 Å². The molecule has 3 aromatic carbocycles. The fraction of sp³-hybridized carbons (Fsp3) is 0.179. The van der Waals surface area contributed by atoms with E-state index in [4.69, 9.17) is 4.74 Å². The number of hydrogen-bond acceptors (Lipinski definition) is 4. The maximum absolute atomic E-state index is 13.5. The van der Waals surface area contributed by atoms with Crippen LogP contribution in [-0.4, -0.2) is 21.7 Å². The molecule has 6 nitrogen and oxygen atoms in total. The molecule has 0 radical (unpaired) electrons. The number of alkyl halides is 3. The lowest BCUT2D eigenvalue weighted by Gasteiger charge is -2.11. The first-order valence-electron chi connectivity index (χ1n) is 11.7. The van der Waals surface area contributed by atoms with Crippen molar-refractivity contribution in [2.75, 3.05) is 5.32 Å². The Morgan fingerprint density at radius 3 is 2.13 bits per heavy atom. The van der Waals surface area contributed by atoms with E-state index in [0.29, 0.717) is 34.6 Å². The Morgan fingerprint density at radius 1 is 0.947 bits per heavy atom. The highest BCUT2D eigenvalue weighted by Gasteiger charge is 2.30. The second-order valence-electron chi connectivity index (χ2n) is 8.47. The van der Waals surface area contributed by atoms with E-state index in [9.17, 15) is 27.2 Å². The van der Waals surface area contributed by atoms with Crippen LogP contribution in [0, 0.1) is 5.82 Å². The predicted octanol–water partition coefficient (Wildman–Crippen LogP) is 6.83. The van der Waals surface area contributed by atoms with Gasteiger partial charge in [-0.15, -0.1) is 0 Å². The molecule has 0 bridgehead atoms. The number of nitrogens with zero attached hydrogens (tertiary/aromatic N) is 2. The molecular weight excluding hydrogens is 502 g/mol. The molecule has 1 N–H and O–H groups in total. The van der Waals surface area contributed by atoms with Crippen LogP contribution in [0.3, 0.4) is 0 Å². The Kier molecular flexibility index (Phi) is 7.61. The Hall–Kier alpha value is -4.47. The van der Waals surface area contributed by atoms with Gasteiger partial charge in [-0.2, -0.15) is 23.0 Å². The molecule has 0 fully saturated rings. The van der Waals surface area contributed by atoms with E-state index < -0.39 is 29.4 Å². The van der Waals surface area contributed by atoms with Gasteiger partial charge in [0.2, 0.25) is 5.88 Å². The quantitative estimate of drug-likeness (QED) is 0.212. The highest BCUT2D eigenvalue weighted by molar-refractivity contribution is 6.04. The molecule has 0 saturated carbocycles.